The molecule has 6 N–H and O–H groups in total. The SMILES string of the molecule is N=C(N)c1ccc(CNC(=O)[C@@H]2CCCN2C(=O)[C@H](NS(=O)(=O)Cc2ccccc2)C(c2ccccc2)c2ccccc2)cc1.O=C(O)C(F)(F)F. The first-order valence-electron chi connectivity index (χ1n) is 16.1. The number of nitrogens with zero attached hydrogens (tertiary/aromatic N) is 1. The number of sulfonamides is 1. The normalized spacial score (nSPS) is 14.9. The molecule has 0 bridgehead atoms. The van der Waals surface area contributed by atoms with Crippen molar-refractivity contribution in [2.24, 2.45) is 5.73 Å². The van der Waals surface area contributed by atoms with Crippen LogP contribution in [0, 0.1) is 5.41 Å². The van der Waals surface area contributed by atoms with Crippen molar-refractivity contribution in [2.75, 3.05) is 6.54 Å². The number of halogens is 3. The second-order valence-corrected chi connectivity index (χ2v) is 13.7. The molecule has 0 radical (unpaired) electrons. The second kappa shape index (κ2) is 17.6. The number of carbonyl (C=O) groups excluding carboxylic acids is 2. The average Bonchev–Trinajstić information content (AvgIpc) is 3.62. The van der Waals surface area contributed by atoms with Gasteiger partial charge < -0.3 is 21.1 Å². The van der Waals surface area contributed by atoms with E-state index in [1.54, 1.807) is 48.5 Å². The fraction of sp³-hybridized carbons (Fsp3) is 0.243. The van der Waals surface area contributed by atoms with Crippen LogP contribution in [0.1, 0.15) is 46.6 Å². The van der Waals surface area contributed by atoms with E-state index >= 15 is 0 Å². The maximum absolute atomic E-state index is 14.5. The van der Waals surface area contributed by atoms with Crippen LogP contribution in [0.5, 0.6) is 0 Å². The van der Waals surface area contributed by atoms with E-state index in [4.69, 9.17) is 21.0 Å². The number of hydrogen-bond acceptors (Lipinski definition) is 6. The minimum Gasteiger partial charge on any atom is -0.475 e. The van der Waals surface area contributed by atoms with Crippen LogP contribution in [0.2, 0.25) is 0 Å². The minimum absolute atomic E-state index is 0.0380. The Morgan fingerprint density at radius 2 is 1.35 bits per heavy atom. The van der Waals surface area contributed by atoms with Gasteiger partial charge in [-0.05, 0) is 35.1 Å². The van der Waals surface area contributed by atoms with E-state index in [1.807, 2.05) is 66.7 Å². The number of carboxylic acid groups (broad SMARTS) is 1. The van der Waals surface area contributed by atoms with Crippen molar-refractivity contribution in [2.45, 2.75) is 49.3 Å². The molecule has 274 valence electrons. The molecule has 52 heavy (non-hydrogen) atoms. The molecule has 2 atom stereocenters. The monoisotopic (exact) mass is 737 g/mol. The zero-order chi connectivity index (χ0) is 37.9. The third-order valence-electron chi connectivity index (χ3n) is 8.24. The van der Waals surface area contributed by atoms with Gasteiger partial charge in [0.15, 0.2) is 0 Å². The molecule has 11 nitrogen and oxygen atoms in total. The standard InChI is InChI=1S/C35H37N5O4S.C2HF3O2/c36-33(37)29-20-18-25(19-21-29)23-38-34(41)30-17-10-22-40(30)35(42)32(39-45(43,44)24-26-11-4-1-5-12-26)31(27-13-6-2-7-14-27)28-15-8-3-9-16-28;3-2(4,5)1(6)7/h1-9,11-16,18-21,30-32,39H,10,17,22-24H2,(H3,36,37)(H,38,41);(H,6,7)/t30-,32+;/m0./s1. The fourth-order valence-corrected chi connectivity index (χ4v) is 7.12. The number of amidine groups is 1. The maximum Gasteiger partial charge on any atom is 0.490 e. The van der Waals surface area contributed by atoms with Gasteiger partial charge in [0.05, 0.1) is 5.75 Å². The van der Waals surface area contributed by atoms with E-state index in [0.29, 0.717) is 30.5 Å². The lowest BCUT2D eigenvalue weighted by molar-refractivity contribution is -0.192. The first-order chi connectivity index (χ1) is 24.7. The van der Waals surface area contributed by atoms with E-state index in [9.17, 15) is 31.2 Å². The number of nitrogen functional groups attached to an aromatic ring is 1. The highest BCUT2D eigenvalue weighted by Crippen LogP contribution is 2.32. The summed E-state index contributed by atoms with van der Waals surface area (Å²) in [6.07, 6.45) is -4.01. The molecule has 1 heterocycles. The summed E-state index contributed by atoms with van der Waals surface area (Å²) in [5, 5.41) is 17.6. The Labute approximate surface area is 299 Å². The number of aliphatic carboxylic acids is 1. The van der Waals surface area contributed by atoms with Crippen LogP contribution in [0.3, 0.4) is 0 Å². The summed E-state index contributed by atoms with van der Waals surface area (Å²) in [4.78, 5) is 38.4. The van der Waals surface area contributed by atoms with E-state index in [2.05, 4.69) is 10.0 Å². The number of nitrogens with two attached hydrogens (primary N) is 1. The number of likely N-dealkylation sites (tertiary alicyclic amines) is 1. The van der Waals surface area contributed by atoms with Gasteiger partial charge >= 0.3 is 12.1 Å². The molecule has 0 aromatic heterocycles. The first kappa shape index (κ1) is 39.2. The van der Waals surface area contributed by atoms with Crippen molar-refractivity contribution in [3.63, 3.8) is 0 Å². The van der Waals surface area contributed by atoms with Crippen molar-refractivity contribution in [3.05, 3.63) is 143 Å². The van der Waals surface area contributed by atoms with Crippen LogP contribution in [0.15, 0.2) is 115 Å². The number of nitrogens with one attached hydrogen (secondary N) is 3. The molecule has 4 aromatic rings. The Morgan fingerprint density at radius 3 is 1.83 bits per heavy atom. The predicted octanol–water partition coefficient (Wildman–Crippen LogP) is 4.53. The number of rotatable bonds is 12. The summed E-state index contributed by atoms with van der Waals surface area (Å²) in [5.41, 5.74) is 9.11. The molecule has 0 aliphatic carbocycles. The minimum atomic E-state index is -5.08. The Balaban J connectivity index is 0.000000785. The van der Waals surface area contributed by atoms with Crippen molar-refractivity contribution < 1.29 is 41.1 Å². The summed E-state index contributed by atoms with van der Waals surface area (Å²) < 4.78 is 61.8. The summed E-state index contributed by atoms with van der Waals surface area (Å²) >= 11 is 0. The van der Waals surface area contributed by atoms with E-state index in [0.717, 1.165) is 16.7 Å². The Bertz CT molecular complexity index is 1890. The molecular formula is C37H38F3N5O6S. The van der Waals surface area contributed by atoms with Gasteiger partial charge in [0.1, 0.15) is 17.9 Å². The number of carboxylic acids is 1. The smallest absolute Gasteiger partial charge is 0.475 e. The molecule has 15 heteroatoms. The molecule has 1 fully saturated rings. The number of benzene rings is 4. The van der Waals surface area contributed by atoms with Crippen LogP contribution in [0.4, 0.5) is 13.2 Å². The summed E-state index contributed by atoms with van der Waals surface area (Å²) in [5.74, 6) is -4.49. The van der Waals surface area contributed by atoms with Gasteiger partial charge in [-0.2, -0.15) is 13.2 Å². The molecule has 1 saturated heterocycles. The molecule has 1 aliphatic rings. The van der Waals surface area contributed by atoms with Gasteiger partial charge in [0, 0.05) is 24.6 Å². The Morgan fingerprint density at radius 1 is 0.846 bits per heavy atom. The number of carbonyl (C=O) groups is 3. The van der Waals surface area contributed by atoms with Gasteiger partial charge in [0.2, 0.25) is 21.8 Å². The molecule has 0 unspecified atom stereocenters. The lowest BCUT2D eigenvalue weighted by atomic mass is 9.84. The molecular weight excluding hydrogens is 699 g/mol. The van der Waals surface area contributed by atoms with Crippen molar-refractivity contribution >= 4 is 33.6 Å². The van der Waals surface area contributed by atoms with E-state index in [-0.39, 0.29) is 24.0 Å². The highest BCUT2D eigenvalue weighted by atomic mass is 32.2. The van der Waals surface area contributed by atoms with Gasteiger partial charge in [-0.15, -0.1) is 0 Å². The van der Waals surface area contributed by atoms with Crippen LogP contribution in [-0.4, -0.2) is 66.8 Å². The van der Waals surface area contributed by atoms with Crippen molar-refractivity contribution in [1.29, 1.82) is 5.41 Å². The zero-order valence-corrected chi connectivity index (χ0v) is 28.6. The predicted molar refractivity (Wildman–Crippen MR) is 188 cm³/mol. The Hall–Kier alpha value is -5.54. The maximum atomic E-state index is 14.5. The molecule has 2 amide bonds. The number of amides is 2. The van der Waals surface area contributed by atoms with Crippen LogP contribution in [0.25, 0.3) is 0 Å². The highest BCUT2D eigenvalue weighted by Gasteiger charge is 2.42. The van der Waals surface area contributed by atoms with Crippen LogP contribution in [-0.2, 0) is 36.7 Å². The van der Waals surface area contributed by atoms with E-state index in [1.165, 1.54) is 4.90 Å². The average molecular weight is 738 g/mol. The third-order valence-corrected chi connectivity index (χ3v) is 9.56. The van der Waals surface area contributed by atoms with Crippen molar-refractivity contribution in [3.8, 4) is 0 Å². The second-order valence-electron chi connectivity index (χ2n) is 12.0. The fourth-order valence-electron chi connectivity index (χ4n) is 5.78. The summed E-state index contributed by atoms with van der Waals surface area (Å²) in [6.45, 7) is 0.566. The van der Waals surface area contributed by atoms with Gasteiger partial charge in [0.25, 0.3) is 0 Å². The van der Waals surface area contributed by atoms with Gasteiger partial charge in [-0.3, -0.25) is 15.0 Å². The van der Waals surface area contributed by atoms with Gasteiger partial charge in [-0.1, -0.05) is 115 Å². The van der Waals surface area contributed by atoms with Gasteiger partial charge in [-0.25, -0.2) is 17.9 Å². The number of hydrogen-bond donors (Lipinski definition) is 5. The van der Waals surface area contributed by atoms with Crippen LogP contribution >= 0.6 is 0 Å². The lowest BCUT2D eigenvalue weighted by Crippen LogP contribution is -2.55. The van der Waals surface area contributed by atoms with Crippen LogP contribution < -0.4 is 15.8 Å². The lowest BCUT2D eigenvalue weighted by Gasteiger charge is -2.33. The zero-order valence-electron chi connectivity index (χ0n) is 27.8. The third kappa shape index (κ3) is 11.0. The van der Waals surface area contributed by atoms with E-state index < -0.39 is 46.1 Å². The molecule has 4 aromatic carbocycles. The summed E-state index contributed by atoms with van der Waals surface area (Å²) in [6, 6.07) is 32.6. The Kier molecular flexibility index (Phi) is 13.3. The topological polar surface area (TPSA) is 183 Å². The number of alkyl halides is 3. The largest absolute Gasteiger partial charge is 0.490 e. The van der Waals surface area contributed by atoms with Crippen molar-refractivity contribution in [1.82, 2.24) is 14.9 Å². The molecule has 0 saturated carbocycles. The highest BCUT2D eigenvalue weighted by molar-refractivity contribution is 7.88. The summed E-state index contributed by atoms with van der Waals surface area (Å²) in [7, 11) is -3.99. The molecule has 1 aliphatic heterocycles. The molecule has 0 spiro atoms. The quantitative estimate of drug-likeness (QED) is 0.105. The molecule has 5 rings (SSSR count). The first-order valence-corrected chi connectivity index (χ1v) is 17.8.